The van der Waals surface area contributed by atoms with E-state index in [4.69, 9.17) is 0 Å². The van der Waals surface area contributed by atoms with Crippen LogP contribution < -0.4 is 5.32 Å². The van der Waals surface area contributed by atoms with Crippen LogP contribution >= 0.6 is 0 Å². The standard InChI is InChI=1S/C17H28N2/c1-5-11-19(6-2)14-17-9-7-16(8-10-17)13-18-12-15(3)4/h5,7-10,15,18H,1,6,11-14H2,2-4H3. The number of rotatable bonds is 9. The molecule has 106 valence electrons. The first kappa shape index (κ1) is 15.9. The van der Waals surface area contributed by atoms with Gasteiger partial charge >= 0.3 is 0 Å². The lowest BCUT2D eigenvalue weighted by atomic mass is 10.1. The molecule has 19 heavy (non-hydrogen) atoms. The van der Waals surface area contributed by atoms with E-state index in [9.17, 15) is 0 Å². The first-order valence-corrected chi connectivity index (χ1v) is 7.27. The van der Waals surface area contributed by atoms with Crippen molar-refractivity contribution in [1.82, 2.24) is 10.2 Å². The number of benzene rings is 1. The first-order valence-electron chi connectivity index (χ1n) is 7.27. The van der Waals surface area contributed by atoms with E-state index in [1.54, 1.807) is 0 Å². The van der Waals surface area contributed by atoms with Crippen molar-refractivity contribution < 1.29 is 0 Å². The zero-order valence-corrected chi connectivity index (χ0v) is 12.7. The van der Waals surface area contributed by atoms with Gasteiger partial charge in [0.25, 0.3) is 0 Å². The van der Waals surface area contributed by atoms with E-state index in [0.29, 0.717) is 5.92 Å². The summed E-state index contributed by atoms with van der Waals surface area (Å²) in [5.41, 5.74) is 2.73. The summed E-state index contributed by atoms with van der Waals surface area (Å²) in [6, 6.07) is 8.92. The summed E-state index contributed by atoms with van der Waals surface area (Å²) in [5, 5.41) is 3.47. The van der Waals surface area contributed by atoms with Gasteiger partial charge in [-0.2, -0.15) is 0 Å². The lowest BCUT2D eigenvalue weighted by Crippen LogP contribution is -2.22. The predicted molar refractivity (Wildman–Crippen MR) is 84.1 cm³/mol. The number of likely N-dealkylation sites (N-methyl/N-ethyl adjacent to an activating group) is 1. The third kappa shape index (κ3) is 6.55. The van der Waals surface area contributed by atoms with E-state index >= 15 is 0 Å². The van der Waals surface area contributed by atoms with Crippen LogP contribution in [0.3, 0.4) is 0 Å². The van der Waals surface area contributed by atoms with Gasteiger partial charge in [-0.25, -0.2) is 0 Å². The Hall–Kier alpha value is -1.12. The minimum atomic E-state index is 0.705. The van der Waals surface area contributed by atoms with E-state index in [-0.39, 0.29) is 0 Å². The summed E-state index contributed by atoms with van der Waals surface area (Å²) in [6.07, 6.45) is 1.97. The van der Waals surface area contributed by atoms with E-state index in [1.807, 2.05) is 6.08 Å². The SMILES string of the molecule is C=CCN(CC)Cc1ccc(CNCC(C)C)cc1. The third-order valence-electron chi connectivity index (χ3n) is 3.15. The molecule has 1 N–H and O–H groups in total. The van der Waals surface area contributed by atoms with Crippen molar-refractivity contribution in [3.63, 3.8) is 0 Å². The molecular weight excluding hydrogens is 232 g/mol. The molecule has 1 aromatic carbocycles. The van der Waals surface area contributed by atoms with Gasteiger partial charge in [0.15, 0.2) is 0 Å². The molecule has 1 aromatic rings. The van der Waals surface area contributed by atoms with E-state index < -0.39 is 0 Å². The second-order valence-electron chi connectivity index (χ2n) is 5.46. The molecule has 0 fully saturated rings. The van der Waals surface area contributed by atoms with Crippen molar-refractivity contribution in [2.24, 2.45) is 5.92 Å². The number of nitrogens with one attached hydrogen (secondary N) is 1. The maximum absolute atomic E-state index is 3.80. The van der Waals surface area contributed by atoms with Gasteiger partial charge in [0.05, 0.1) is 0 Å². The fraction of sp³-hybridized carbons (Fsp3) is 0.529. The molecule has 0 radical (unpaired) electrons. The molecule has 0 amide bonds. The van der Waals surface area contributed by atoms with Gasteiger partial charge in [-0.15, -0.1) is 6.58 Å². The molecule has 0 saturated heterocycles. The van der Waals surface area contributed by atoms with Crippen LogP contribution in [0.25, 0.3) is 0 Å². The van der Waals surface area contributed by atoms with Crippen LogP contribution in [0.4, 0.5) is 0 Å². The Balaban J connectivity index is 2.44. The Kier molecular flexibility index (Phi) is 7.46. The van der Waals surface area contributed by atoms with Gasteiger partial charge in [0, 0.05) is 19.6 Å². The van der Waals surface area contributed by atoms with E-state index in [2.05, 4.69) is 61.8 Å². The average Bonchev–Trinajstić information content (AvgIpc) is 2.39. The Morgan fingerprint density at radius 2 is 1.84 bits per heavy atom. The van der Waals surface area contributed by atoms with Crippen LogP contribution in [-0.2, 0) is 13.1 Å². The fourth-order valence-corrected chi connectivity index (χ4v) is 2.01. The molecule has 2 nitrogen and oxygen atoms in total. The molecule has 2 heteroatoms. The highest BCUT2D eigenvalue weighted by Gasteiger charge is 2.02. The van der Waals surface area contributed by atoms with Gasteiger partial charge in [-0.1, -0.05) is 51.1 Å². The first-order chi connectivity index (χ1) is 9.15. The number of nitrogens with zero attached hydrogens (tertiary/aromatic N) is 1. The topological polar surface area (TPSA) is 15.3 Å². The Labute approximate surface area is 118 Å². The third-order valence-corrected chi connectivity index (χ3v) is 3.15. The lowest BCUT2D eigenvalue weighted by molar-refractivity contribution is 0.311. The van der Waals surface area contributed by atoms with Crippen molar-refractivity contribution in [3.8, 4) is 0 Å². The minimum absolute atomic E-state index is 0.705. The molecule has 0 saturated carbocycles. The van der Waals surface area contributed by atoms with Gasteiger partial charge in [0.2, 0.25) is 0 Å². The van der Waals surface area contributed by atoms with Crippen LogP contribution in [0.1, 0.15) is 31.9 Å². The number of hydrogen-bond donors (Lipinski definition) is 1. The van der Waals surface area contributed by atoms with Crippen LogP contribution in [0, 0.1) is 5.92 Å². The highest BCUT2D eigenvalue weighted by molar-refractivity contribution is 5.22. The monoisotopic (exact) mass is 260 g/mol. The average molecular weight is 260 g/mol. The van der Waals surface area contributed by atoms with Crippen molar-refractivity contribution >= 4 is 0 Å². The van der Waals surface area contributed by atoms with Crippen LogP contribution in [0.5, 0.6) is 0 Å². The molecule has 0 aliphatic carbocycles. The van der Waals surface area contributed by atoms with E-state index in [0.717, 1.165) is 32.7 Å². The van der Waals surface area contributed by atoms with E-state index in [1.165, 1.54) is 11.1 Å². The van der Waals surface area contributed by atoms with Gasteiger partial charge in [0.1, 0.15) is 0 Å². The van der Waals surface area contributed by atoms with Crippen LogP contribution in [0.15, 0.2) is 36.9 Å². The maximum atomic E-state index is 3.80. The molecule has 0 unspecified atom stereocenters. The van der Waals surface area contributed by atoms with Crippen molar-refractivity contribution in [2.75, 3.05) is 19.6 Å². The largest absolute Gasteiger partial charge is 0.312 e. The minimum Gasteiger partial charge on any atom is -0.312 e. The molecule has 0 spiro atoms. The Morgan fingerprint density at radius 3 is 2.37 bits per heavy atom. The molecule has 0 atom stereocenters. The molecular formula is C17H28N2. The van der Waals surface area contributed by atoms with Crippen LogP contribution in [-0.4, -0.2) is 24.5 Å². The molecule has 0 aliphatic heterocycles. The van der Waals surface area contributed by atoms with Gasteiger partial charge in [-0.3, -0.25) is 4.90 Å². The normalized spacial score (nSPS) is 11.2. The van der Waals surface area contributed by atoms with Crippen molar-refractivity contribution in [3.05, 3.63) is 48.0 Å². The molecule has 0 bridgehead atoms. The summed E-state index contributed by atoms with van der Waals surface area (Å²) in [7, 11) is 0. The quantitative estimate of drug-likeness (QED) is 0.684. The second kappa shape index (κ2) is 8.89. The zero-order chi connectivity index (χ0) is 14.1. The smallest absolute Gasteiger partial charge is 0.0236 e. The number of hydrogen-bond acceptors (Lipinski definition) is 2. The Bertz CT molecular complexity index is 354. The lowest BCUT2D eigenvalue weighted by Gasteiger charge is -2.18. The molecule has 0 heterocycles. The summed E-state index contributed by atoms with van der Waals surface area (Å²) < 4.78 is 0. The molecule has 0 aliphatic rings. The van der Waals surface area contributed by atoms with Crippen molar-refractivity contribution in [1.29, 1.82) is 0 Å². The highest BCUT2D eigenvalue weighted by atomic mass is 15.1. The maximum Gasteiger partial charge on any atom is 0.0236 e. The predicted octanol–water partition coefficient (Wildman–Crippen LogP) is 3.44. The molecule has 1 rings (SSSR count). The summed E-state index contributed by atoms with van der Waals surface area (Å²) in [5.74, 6) is 0.705. The Morgan fingerprint density at radius 1 is 1.21 bits per heavy atom. The summed E-state index contributed by atoms with van der Waals surface area (Å²) in [6.45, 7) is 15.5. The second-order valence-corrected chi connectivity index (χ2v) is 5.46. The van der Waals surface area contributed by atoms with Crippen LogP contribution in [0.2, 0.25) is 0 Å². The highest BCUT2D eigenvalue weighted by Crippen LogP contribution is 2.08. The van der Waals surface area contributed by atoms with Gasteiger partial charge in [-0.05, 0) is 30.1 Å². The van der Waals surface area contributed by atoms with Gasteiger partial charge < -0.3 is 5.32 Å². The summed E-state index contributed by atoms with van der Waals surface area (Å²) in [4.78, 5) is 2.37. The zero-order valence-electron chi connectivity index (χ0n) is 12.7. The fourth-order valence-electron chi connectivity index (χ4n) is 2.01. The summed E-state index contributed by atoms with van der Waals surface area (Å²) >= 11 is 0. The molecule has 0 aromatic heterocycles. The van der Waals surface area contributed by atoms with Crippen molar-refractivity contribution in [2.45, 2.75) is 33.9 Å².